The molecule has 2 atom stereocenters. The smallest absolute Gasteiger partial charge is 0.309 e. The summed E-state index contributed by atoms with van der Waals surface area (Å²) in [5.41, 5.74) is 0. The van der Waals surface area contributed by atoms with E-state index >= 15 is 0 Å². The molecule has 0 aliphatic carbocycles. The van der Waals surface area contributed by atoms with E-state index in [0.29, 0.717) is 0 Å². The number of aliphatic hydroxyl groups is 2. The van der Waals surface area contributed by atoms with Crippen LogP contribution in [0.3, 0.4) is 0 Å². The van der Waals surface area contributed by atoms with E-state index < -0.39 is 18.7 Å². The molecule has 0 aliphatic rings. The number of ether oxygens (including phenoxy) is 1. The number of carbonyl (C=O) groups excluding carboxylic acids is 1. The van der Waals surface area contributed by atoms with Crippen molar-refractivity contribution in [1.82, 2.24) is 0 Å². The molecule has 0 heterocycles. The van der Waals surface area contributed by atoms with Crippen molar-refractivity contribution in [2.24, 2.45) is 5.92 Å². The topological polar surface area (TPSA) is 104 Å². The number of aliphatic hydroxyl groups excluding tert-OH is 2. The van der Waals surface area contributed by atoms with E-state index in [1.807, 2.05) is 0 Å². The second-order valence-corrected chi connectivity index (χ2v) is 12.7. The van der Waals surface area contributed by atoms with Crippen molar-refractivity contribution in [3.8, 4) is 0 Å². The largest absolute Gasteiger partial charge is 0.481 e. The van der Waals surface area contributed by atoms with Gasteiger partial charge in [0.25, 0.3) is 0 Å². The molecule has 0 saturated carbocycles. The monoisotopic (exact) mass is 635 g/mol. The lowest BCUT2D eigenvalue weighted by atomic mass is 9.94. The molecule has 3 N–H and O–H groups in total. The number of hydrogen-bond acceptors (Lipinski definition) is 5. The third-order valence-corrected chi connectivity index (χ3v) is 8.32. The summed E-state index contributed by atoms with van der Waals surface area (Å²) < 4.78 is 5.32. The zero-order valence-electron chi connectivity index (χ0n) is 29.0. The van der Waals surface area contributed by atoms with E-state index in [0.717, 1.165) is 89.9 Å². The van der Waals surface area contributed by atoms with E-state index in [1.165, 1.54) is 70.6 Å². The summed E-state index contributed by atoms with van der Waals surface area (Å²) in [4.78, 5) is 23.2. The number of esters is 1. The van der Waals surface area contributed by atoms with Crippen LogP contribution in [0.25, 0.3) is 0 Å². The number of hydrogen-bond donors (Lipinski definition) is 3. The van der Waals surface area contributed by atoms with Crippen molar-refractivity contribution in [3.63, 3.8) is 0 Å². The summed E-state index contributed by atoms with van der Waals surface area (Å²) in [5, 5.41) is 27.3. The summed E-state index contributed by atoms with van der Waals surface area (Å²) in [6, 6.07) is 0. The quantitative estimate of drug-likeness (QED) is 0.0370. The van der Waals surface area contributed by atoms with Crippen LogP contribution < -0.4 is 0 Å². The third kappa shape index (κ3) is 33.3. The maximum absolute atomic E-state index is 12.7. The number of carboxylic acids is 1. The molecular formula is C39H70O6. The van der Waals surface area contributed by atoms with Crippen molar-refractivity contribution in [1.29, 1.82) is 0 Å². The molecule has 0 aliphatic heterocycles. The molecule has 45 heavy (non-hydrogen) atoms. The lowest BCUT2D eigenvalue weighted by Gasteiger charge is -2.17. The number of carboxylic acid groups (broad SMARTS) is 1. The summed E-state index contributed by atoms with van der Waals surface area (Å²) in [6.07, 6.45) is 41.1. The van der Waals surface area contributed by atoms with Gasteiger partial charge in [-0.1, -0.05) is 127 Å². The fraction of sp³-hybridized carbons (Fsp3) is 0.795. The molecule has 0 saturated heterocycles. The number of aliphatic carboxylic acids is 1. The Hall–Kier alpha value is -1.92. The van der Waals surface area contributed by atoms with Crippen LogP contribution >= 0.6 is 0 Å². The first kappa shape index (κ1) is 43.1. The Bertz CT molecular complexity index is 744. The highest BCUT2D eigenvalue weighted by Gasteiger charge is 2.20. The van der Waals surface area contributed by atoms with E-state index in [4.69, 9.17) is 14.9 Å². The number of allylic oxidation sites excluding steroid dienone is 6. The average Bonchev–Trinajstić information content (AvgIpc) is 3.03. The Morgan fingerprint density at radius 1 is 0.600 bits per heavy atom. The van der Waals surface area contributed by atoms with Gasteiger partial charge >= 0.3 is 11.9 Å². The van der Waals surface area contributed by atoms with Gasteiger partial charge in [0.1, 0.15) is 12.7 Å². The zero-order valence-corrected chi connectivity index (χ0v) is 29.0. The predicted molar refractivity (Wildman–Crippen MR) is 188 cm³/mol. The maximum Gasteiger partial charge on any atom is 0.309 e. The molecule has 0 bridgehead atoms. The molecule has 6 heteroatoms. The molecule has 262 valence electrons. The summed E-state index contributed by atoms with van der Waals surface area (Å²) in [6.45, 7) is 1.73. The van der Waals surface area contributed by atoms with Crippen LogP contribution in [0.1, 0.15) is 174 Å². The molecule has 0 amide bonds. The SMILES string of the molecule is CCCCCCCC/C=C\CCCCCCC(CCCCC/C=C\C/C=C\CCCCCCCC(=O)O)C(=O)OCC(O)CO. The van der Waals surface area contributed by atoms with E-state index in [-0.39, 0.29) is 24.9 Å². The van der Waals surface area contributed by atoms with Crippen LogP contribution in [-0.4, -0.2) is 46.6 Å². The Morgan fingerprint density at radius 3 is 1.51 bits per heavy atom. The van der Waals surface area contributed by atoms with Gasteiger partial charge in [0.05, 0.1) is 12.5 Å². The molecule has 0 aromatic carbocycles. The lowest BCUT2D eigenvalue weighted by Crippen LogP contribution is -2.25. The highest BCUT2D eigenvalue weighted by atomic mass is 16.5. The summed E-state index contributed by atoms with van der Waals surface area (Å²) in [7, 11) is 0. The van der Waals surface area contributed by atoms with E-state index in [9.17, 15) is 14.7 Å². The Labute approximate surface area is 276 Å². The normalized spacial score (nSPS) is 13.3. The van der Waals surface area contributed by atoms with Crippen LogP contribution in [0.5, 0.6) is 0 Å². The number of unbranched alkanes of at least 4 members (excludes halogenated alkanes) is 18. The zero-order chi connectivity index (χ0) is 33.1. The number of carbonyl (C=O) groups is 2. The first-order chi connectivity index (χ1) is 22.0. The van der Waals surface area contributed by atoms with Crippen molar-refractivity contribution in [3.05, 3.63) is 36.5 Å². The standard InChI is InChI=1S/C39H70O6/c1-2-3-4-5-6-7-8-9-13-16-19-22-25-28-31-36(39(44)45-35-37(41)34-40)32-29-26-23-20-17-14-11-10-12-15-18-21-24-27-30-33-38(42)43/h9-10,12-14,17,36-37,40-41H,2-8,11,15-16,18-35H2,1H3,(H,42,43)/b12-10-,13-9-,17-14-. The molecule has 0 aromatic rings. The molecule has 6 nitrogen and oxygen atoms in total. The molecule has 0 rings (SSSR count). The predicted octanol–water partition coefficient (Wildman–Crippen LogP) is 10.4. The van der Waals surface area contributed by atoms with Gasteiger partial charge in [-0.15, -0.1) is 0 Å². The van der Waals surface area contributed by atoms with Gasteiger partial charge in [-0.05, 0) is 77.0 Å². The van der Waals surface area contributed by atoms with Crippen LogP contribution in [0.2, 0.25) is 0 Å². The Kier molecular flexibility index (Phi) is 33.5. The fourth-order valence-electron chi connectivity index (χ4n) is 5.42. The Morgan fingerprint density at radius 2 is 1.02 bits per heavy atom. The van der Waals surface area contributed by atoms with Crippen molar-refractivity contribution in [2.75, 3.05) is 13.2 Å². The maximum atomic E-state index is 12.7. The third-order valence-electron chi connectivity index (χ3n) is 8.32. The van der Waals surface area contributed by atoms with Crippen molar-refractivity contribution in [2.45, 2.75) is 180 Å². The highest BCUT2D eigenvalue weighted by Crippen LogP contribution is 2.21. The van der Waals surface area contributed by atoms with Crippen LogP contribution in [0.15, 0.2) is 36.5 Å². The average molecular weight is 635 g/mol. The molecule has 0 spiro atoms. The second kappa shape index (κ2) is 34.9. The summed E-state index contributed by atoms with van der Waals surface area (Å²) >= 11 is 0. The van der Waals surface area contributed by atoms with Gasteiger partial charge in [-0.3, -0.25) is 9.59 Å². The lowest BCUT2D eigenvalue weighted by molar-refractivity contribution is -0.152. The first-order valence-corrected chi connectivity index (χ1v) is 18.6. The fourth-order valence-corrected chi connectivity index (χ4v) is 5.42. The van der Waals surface area contributed by atoms with Gasteiger partial charge in [0.2, 0.25) is 0 Å². The van der Waals surface area contributed by atoms with Crippen molar-refractivity contribution < 1.29 is 29.6 Å². The van der Waals surface area contributed by atoms with Gasteiger partial charge in [-0.25, -0.2) is 0 Å². The molecule has 0 fully saturated rings. The van der Waals surface area contributed by atoms with Gasteiger partial charge in [0, 0.05) is 6.42 Å². The van der Waals surface area contributed by atoms with E-state index in [1.54, 1.807) is 0 Å². The summed E-state index contributed by atoms with van der Waals surface area (Å²) in [5.74, 6) is -1.05. The minimum absolute atomic E-state index is 0.126. The van der Waals surface area contributed by atoms with Gasteiger partial charge in [-0.2, -0.15) is 0 Å². The van der Waals surface area contributed by atoms with Crippen molar-refractivity contribution >= 4 is 11.9 Å². The van der Waals surface area contributed by atoms with Gasteiger partial charge in [0.15, 0.2) is 0 Å². The van der Waals surface area contributed by atoms with Crippen LogP contribution in [0, 0.1) is 5.92 Å². The van der Waals surface area contributed by atoms with E-state index in [2.05, 4.69) is 43.4 Å². The minimum Gasteiger partial charge on any atom is -0.481 e. The first-order valence-electron chi connectivity index (χ1n) is 18.6. The highest BCUT2D eigenvalue weighted by molar-refractivity contribution is 5.72. The minimum atomic E-state index is -1.01. The second-order valence-electron chi connectivity index (χ2n) is 12.7. The van der Waals surface area contributed by atoms with Crippen LogP contribution in [-0.2, 0) is 14.3 Å². The molecule has 0 aromatic heterocycles. The number of rotatable bonds is 34. The molecular weight excluding hydrogens is 564 g/mol. The molecule has 0 radical (unpaired) electrons. The van der Waals surface area contributed by atoms with Crippen LogP contribution in [0.4, 0.5) is 0 Å². The molecule has 2 unspecified atom stereocenters. The Balaban J connectivity index is 4.01. The van der Waals surface area contributed by atoms with Gasteiger partial charge < -0.3 is 20.1 Å².